The van der Waals surface area contributed by atoms with E-state index in [0.717, 1.165) is 17.2 Å². The molecular weight excluding hydrogens is 198 g/mol. The van der Waals surface area contributed by atoms with Gasteiger partial charge in [-0.1, -0.05) is 0 Å². The standard InChI is InChI=1S/C8H11N5S/c1-5-10-2-6(14-5)3-11-7-4-12-13-8(7)9/h2,4,11H,3H2,1H3,(H3,9,12,13). The van der Waals surface area contributed by atoms with Crippen molar-refractivity contribution >= 4 is 22.8 Å². The van der Waals surface area contributed by atoms with Gasteiger partial charge >= 0.3 is 0 Å². The smallest absolute Gasteiger partial charge is 0.142 e. The normalized spacial score (nSPS) is 10.4. The molecular formula is C8H11N5S. The quantitative estimate of drug-likeness (QED) is 0.713. The van der Waals surface area contributed by atoms with Gasteiger partial charge in [0, 0.05) is 11.1 Å². The Labute approximate surface area is 85.4 Å². The number of anilines is 2. The zero-order chi connectivity index (χ0) is 9.97. The lowest BCUT2D eigenvalue weighted by Gasteiger charge is -2.00. The van der Waals surface area contributed by atoms with Gasteiger partial charge in [0.2, 0.25) is 0 Å². The molecule has 4 N–H and O–H groups in total. The predicted molar refractivity (Wildman–Crippen MR) is 57.2 cm³/mol. The third-order valence-corrected chi connectivity index (χ3v) is 2.70. The van der Waals surface area contributed by atoms with Crippen molar-refractivity contribution in [2.24, 2.45) is 0 Å². The number of nitrogens with two attached hydrogens (primary N) is 1. The van der Waals surface area contributed by atoms with Crippen molar-refractivity contribution in [2.45, 2.75) is 13.5 Å². The molecule has 0 saturated carbocycles. The molecule has 2 heterocycles. The molecule has 5 nitrogen and oxygen atoms in total. The summed E-state index contributed by atoms with van der Waals surface area (Å²) in [4.78, 5) is 5.35. The van der Waals surface area contributed by atoms with Gasteiger partial charge in [-0.3, -0.25) is 5.10 Å². The Kier molecular flexibility index (Phi) is 2.36. The average Bonchev–Trinajstić information content (AvgIpc) is 2.72. The molecule has 0 bridgehead atoms. The van der Waals surface area contributed by atoms with Gasteiger partial charge in [0.1, 0.15) is 5.82 Å². The number of thiazole rings is 1. The van der Waals surface area contributed by atoms with Crippen LogP contribution in [0.1, 0.15) is 9.88 Å². The second kappa shape index (κ2) is 3.67. The van der Waals surface area contributed by atoms with E-state index < -0.39 is 0 Å². The van der Waals surface area contributed by atoms with Crippen LogP contribution in [0.15, 0.2) is 12.4 Å². The summed E-state index contributed by atoms with van der Waals surface area (Å²) in [6.45, 7) is 2.72. The molecule has 0 aliphatic heterocycles. The Morgan fingerprint density at radius 3 is 3.00 bits per heavy atom. The van der Waals surface area contributed by atoms with Crippen LogP contribution in [0.3, 0.4) is 0 Å². The average molecular weight is 209 g/mol. The van der Waals surface area contributed by atoms with Crippen LogP contribution >= 0.6 is 11.3 Å². The van der Waals surface area contributed by atoms with Gasteiger partial charge in [-0.2, -0.15) is 5.10 Å². The number of nitrogens with one attached hydrogen (secondary N) is 2. The first kappa shape index (κ1) is 9.01. The topological polar surface area (TPSA) is 79.6 Å². The van der Waals surface area contributed by atoms with E-state index in [1.54, 1.807) is 17.5 Å². The summed E-state index contributed by atoms with van der Waals surface area (Å²) in [5.74, 6) is 0.561. The molecule has 0 atom stereocenters. The van der Waals surface area contributed by atoms with Gasteiger partial charge in [-0.25, -0.2) is 4.98 Å². The number of nitrogen functional groups attached to an aromatic ring is 1. The Morgan fingerprint density at radius 2 is 2.43 bits per heavy atom. The summed E-state index contributed by atoms with van der Waals surface area (Å²) >= 11 is 1.67. The molecule has 0 unspecified atom stereocenters. The number of aromatic nitrogens is 3. The number of aryl methyl sites for hydroxylation is 1. The van der Waals surface area contributed by atoms with Crippen LogP contribution < -0.4 is 11.1 Å². The third kappa shape index (κ3) is 1.85. The van der Waals surface area contributed by atoms with E-state index in [1.165, 1.54) is 4.88 Å². The molecule has 2 aromatic rings. The minimum absolute atomic E-state index is 0.561. The summed E-state index contributed by atoms with van der Waals surface area (Å²) in [7, 11) is 0. The number of H-pyrrole nitrogens is 1. The van der Waals surface area contributed by atoms with Gasteiger partial charge in [-0.05, 0) is 6.92 Å². The lowest BCUT2D eigenvalue weighted by atomic mass is 10.4. The number of nitrogens with zero attached hydrogens (tertiary/aromatic N) is 2. The molecule has 14 heavy (non-hydrogen) atoms. The van der Waals surface area contributed by atoms with Crippen LogP contribution in [-0.4, -0.2) is 15.2 Å². The minimum atomic E-state index is 0.561. The van der Waals surface area contributed by atoms with Crippen molar-refractivity contribution in [1.29, 1.82) is 0 Å². The molecule has 0 aromatic carbocycles. The molecule has 0 aliphatic rings. The first-order valence-electron chi connectivity index (χ1n) is 4.19. The van der Waals surface area contributed by atoms with Crippen LogP contribution in [0.2, 0.25) is 0 Å². The van der Waals surface area contributed by atoms with Gasteiger partial charge in [0.25, 0.3) is 0 Å². The van der Waals surface area contributed by atoms with Crippen molar-refractivity contribution in [3.05, 3.63) is 22.3 Å². The minimum Gasteiger partial charge on any atom is -0.382 e. The van der Waals surface area contributed by atoms with Crippen molar-refractivity contribution in [3.63, 3.8) is 0 Å². The van der Waals surface area contributed by atoms with E-state index >= 15 is 0 Å². The zero-order valence-corrected chi connectivity index (χ0v) is 8.56. The highest BCUT2D eigenvalue weighted by Crippen LogP contribution is 2.17. The van der Waals surface area contributed by atoms with Crippen LogP contribution in [0.5, 0.6) is 0 Å². The van der Waals surface area contributed by atoms with E-state index in [0.29, 0.717) is 5.82 Å². The molecule has 0 saturated heterocycles. The van der Waals surface area contributed by atoms with E-state index in [2.05, 4.69) is 20.5 Å². The summed E-state index contributed by atoms with van der Waals surface area (Å²) in [5, 5.41) is 10.7. The maximum atomic E-state index is 5.62. The van der Waals surface area contributed by atoms with E-state index in [1.807, 2.05) is 13.1 Å². The molecule has 2 aromatic heterocycles. The molecule has 0 amide bonds. The SMILES string of the molecule is Cc1ncc(CNc2cn[nH]c2N)s1. The molecule has 74 valence electrons. The first-order chi connectivity index (χ1) is 6.75. The van der Waals surface area contributed by atoms with Crippen molar-refractivity contribution in [2.75, 3.05) is 11.1 Å². The lowest BCUT2D eigenvalue weighted by molar-refractivity contribution is 1.10. The van der Waals surface area contributed by atoms with Crippen LogP contribution in [-0.2, 0) is 6.54 Å². The summed E-state index contributed by atoms with van der Waals surface area (Å²) in [5.41, 5.74) is 6.45. The zero-order valence-electron chi connectivity index (χ0n) is 7.74. The van der Waals surface area contributed by atoms with Crippen molar-refractivity contribution in [1.82, 2.24) is 15.2 Å². The van der Waals surface area contributed by atoms with Crippen molar-refractivity contribution < 1.29 is 0 Å². The maximum absolute atomic E-state index is 5.62. The monoisotopic (exact) mass is 209 g/mol. The lowest BCUT2D eigenvalue weighted by Crippen LogP contribution is -1.99. The summed E-state index contributed by atoms with van der Waals surface area (Å²) < 4.78 is 0. The van der Waals surface area contributed by atoms with Crippen molar-refractivity contribution in [3.8, 4) is 0 Å². The van der Waals surface area contributed by atoms with Crippen LogP contribution in [0.4, 0.5) is 11.5 Å². The highest BCUT2D eigenvalue weighted by molar-refractivity contribution is 7.11. The first-order valence-corrected chi connectivity index (χ1v) is 5.01. The van der Waals surface area contributed by atoms with E-state index in [-0.39, 0.29) is 0 Å². The second-order valence-corrected chi connectivity index (χ2v) is 4.22. The van der Waals surface area contributed by atoms with Crippen LogP contribution in [0, 0.1) is 6.92 Å². The van der Waals surface area contributed by atoms with Gasteiger partial charge in [0.05, 0.1) is 23.4 Å². The second-order valence-electron chi connectivity index (χ2n) is 2.90. The third-order valence-electron chi connectivity index (χ3n) is 1.79. The Hall–Kier alpha value is -1.56. The molecule has 2 rings (SSSR count). The van der Waals surface area contributed by atoms with Gasteiger partial charge in [0.15, 0.2) is 0 Å². The van der Waals surface area contributed by atoms with Gasteiger partial charge in [-0.15, -0.1) is 11.3 Å². The molecule has 0 radical (unpaired) electrons. The largest absolute Gasteiger partial charge is 0.382 e. The fraction of sp³-hybridized carbons (Fsp3) is 0.250. The fourth-order valence-electron chi connectivity index (χ4n) is 1.11. The number of hydrogen-bond donors (Lipinski definition) is 3. The predicted octanol–water partition coefficient (Wildman–Crippen LogP) is 1.37. The Morgan fingerprint density at radius 1 is 1.57 bits per heavy atom. The Bertz CT molecular complexity index is 419. The molecule has 6 heteroatoms. The highest BCUT2D eigenvalue weighted by Gasteiger charge is 2.01. The van der Waals surface area contributed by atoms with Crippen LogP contribution in [0.25, 0.3) is 0 Å². The Balaban J connectivity index is 1.98. The molecule has 0 spiro atoms. The number of aromatic amines is 1. The van der Waals surface area contributed by atoms with E-state index in [4.69, 9.17) is 5.73 Å². The maximum Gasteiger partial charge on any atom is 0.142 e. The number of hydrogen-bond acceptors (Lipinski definition) is 5. The molecule has 0 fully saturated rings. The summed E-state index contributed by atoms with van der Waals surface area (Å²) in [6, 6.07) is 0. The number of rotatable bonds is 3. The van der Waals surface area contributed by atoms with Gasteiger partial charge < -0.3 is 11.1 Å². The molecule has 0 aliphatic carbocycles. The summed E-state index contributed by atoms with van der Waals surface area (Å²) in [6.07, 6.45) is 3.53. The fourth-order valence-corrected chi connectivity index (χ4v) is 1.84. The van der Waals surface area contributed by atoms with E-state index in [9.17, 15) is 0 Å². The highest BCUT2D eigenvalue weighted by atomic mass is 32.1.